The first-order valence-corrected chi connectivity index (χ1v) is 31.0. The average molecular weight is 984 g/mol. The summed E-state index contributed by atoms with van der Waals surface area (Å²) in [6.07, 6.45) is 60.2. The Morgan fingerprint density at radius 2 is 0.418 bits per heavy atom. The van der Waals surface area contributed by atoms with E-state index in [0.29, 0.717) is 0 Å². The van der Waals surface area contributed by atoms with Gasteiger partial charge in [-0.25, -0.2) is 16.8 Å². The molecule has 0 radical (unpaired) electrons. The van der Waals surface area contributed by atoms with Crippen LogP contribution in [0.5, 0.6) is 0 Å². The largest absolute Gasteiger partial charge is 2.00 e. The van der Waals surface area contributed by atoms with E-state index in [4.69, 9.17) is 0 Å². The Hall–Kier alpha value is -0.974. The summed E-state index contributed by atoms with van der Waals surface area (Å²) in [4.78, 5) is -0.268. The topological polar surface area (TPSA) is 114 Å². The van der Waals surface area contributed by atoms with Crippen molar-refractivity contribution in [2.45, 2.75) is 306 Å². The first-order valence-electron chi connectivity index (χ1n) is 28.2. The molecule has 0 spiro atoms. The van der Waals surface area contributed by atoms with Gasteiger partial charge in [-0.2, -0.15) is 0 Å². The average Bonchev–Trinajstić information content (AvgIpc) is 3.30. The van der Waals surface area contributed by atoms with Crippen LogP contribution in [0.3, 0.4) is 0 Å². The van der Waals surface area contributed by atoms with Crippen molar-refractivity contribution in [1.82, 2.24) is 0 Å². The molecule has 0 bridgehead atoms. The molecule has 2 aromatic carbocycles. The van der Waals surface area contributed by atoms with Crippen LogP contribution in [0, 0.1) is 0 Å². The molecule has 0 saturated heterocycles. The third kappa shape index (κ3) is 43.5. The second kappa shape index (κ2) is 47.4. The predicted molar refractivity (Wildman–Crippen MR) is 287 cm³/mol. The Bertz CT molecular complexity index is 1430. The number of unbranched alkanes of at least 4 members (excludes halogenated alkanes) is 40. The van der Waals surface area contributed by atoms with Crippen molar-refractivity contribution in [2.24, 2.45) is 0 Å². The summed E-state index contributed by atoms with van der Waals surface area (Å²) in [6.45, 7) is 4.57. The molecule has 0 aliphatic heterocycles. The summed E-state index contributed by atoms with van der Waals surface area (Å²) in [7, 11) is -8.65. The molecule has 384 valence electrons. The number of rotatable bonds is 46. The van der Waals surface area contributed by atoms with Gasteiger partial charge in [-0.3, -0.25) is 0 Å². The first-order chi connectivity index (χ1) is 32.1. The molecule has 0 saturated carbocycles. The summed E-state index contributed by atoms with van der Waals surface area (Å²) >= 11 is 0. The van der Waals surface area contributed by atoms with Gasteiger partial charge in [-0.15, -0.1) is 0 Å². The van der Waals surface area contributed by atoms with Crippen LogP contribution in [-0.4, -0.2) is 49.0 Å². The molecule has 0 amide bonds. The molecule has 2 aromatic rings. The molecular formula is C58H102MgO6S2. The van der Waals surface area contributed by atoms with E-state index in [2.05, 4.69) is 13.8 Å². The third-order valence-corrected chi connectivity index (χ3v) is 15.3. The smallest absolute Gasteiger partial charge is 0.744 e. The minimum Gasteiger partial charge on any atom is -0.744 e. The summed E-state index contributed by atoms with van der Waals surface area (Å²) in [5.41, 5.74) is 2.22. The van der Waals surface area contributed by atoms with E-state index in [1.807, 2.05) is 0 Å². The Balaban J connectivity index is 0.00000128. The van der Waals surface area contributed by atoms with Crippen LogP contribution in [0.4, 0.5) is 0 Å². The number of aryl methyl sites for hydroxylation is 2. The fourth-order valence-electron chi connectivity index (χ4n) is 9.17. The molecule has 9 heteroatoms. The van der Waals surface area contributed by atoms with E-state index in [9.17, 15) is 25.9 Å². The monoisotopic (exact) mass is 983 g/mol. The molecule has 67 heavy (non-hydrogen) atoms. The Morgan fingerprint density at radius 3 is 0.567 bits per heavy atom. The van der Waals surface area contributed by atoms with Gasteiger partial charge in [0.05, 0.1) is 9.79 Å². The molecule has 0 N–H and O–H groups in total. The molecular weight excluding hydrogens is 881 g/mol. The second-order valence-electron chi connectivity index (χ2n) is 19.8. The van der Waals surface area contributed by atoms with Crippen molar-refractivity contribution < 1.29 is 25.9 Å². The standard InChI is InChI=1S/2C29H52O3S.Mg/c2*1-2-3-4-5-6-7-8-9-10-11-12-13-14-15-16-17-18-19-20-21-22-23-28-24-26-29(27-25-28)33(30,31)32;/h2*24-27H,2-23H2,1H3,(H,30,31,32);/q;;+2/p-2. The molecule has 0 atom stereocenters. The maximum Gasteiger partial charge on any atom is 2.00 e. The van der Waals surface area contributed by atoms with Crippen LogP contribution < -0.4 is 0 Å². The normalized spacial score (nSPS) is 11.6. The van der Waals surface area contributed by atoms with E-state index >= 15 is 0 Å². The summed E-state index contributed by atoms with van der Waals surface area (Å²) in [5, 5.41) is 0. The molecule has 6 nitrogen and oxygen atoms in total. The SMILES string of the molecule is CCCCCCCCCCCCCCCCCCCCCCCc1ccc(S(=O)(=O)[O-])cc1.CCCCCCCCCCCCCCCCCCCCCCCc1ccc(S(=O)(=O)[O-])cc1.[Mg+2]. The zero-order valence-corrected chi connectivity index (χ0v) is 46.8. The van der Waals surface area contributed by atoms with Gasteiger partial charge in [0.15, 0.2) is 0 Å². The quantitative estimate of drug-likeness (QED) is 0.0371. The zero-order valence-electron chi connectivity index (χ0n) is 43.7. The molecule has 0 aliphatic carbocycles. The van der Waals surface area contributed by atoms with Crippen molar-refractivity contribution in [3.05, 3.63) is 59.7 Å². The number of hydrogen-bond donors (Lipinski definition) is 0. The van der Waals surface area contributed by atoms with E-state index in [-0.39, 0.29) is 32.8 Å². The Kier molecular flexibility index (Phi) is 46.7. The summed E-state index contributed by atoms with van der Waals surface area (Å²) in [6, 6.07) is 12.8. The van der Waals surface area contributed by atoms with Crippen molar-refractivity contribution >= 4 is 43.3 Å². The van der Waals surface area contributed by atoms with Gasteiger partial charge in [0.2, 0.25) is 0 Å². The van der Waals surface area contributed by atoms with Crippen molar-refractivity contribution in [3.63, 3.8) is 0 Å². The van der Waals surface area contributed by atoms with Crippen LogP contribution >= 0.6 is 0 Å². The fraction of sp³-hybridized carbons (Fsp3) is 0.793. The molecule has 0 aromatic heterocycles. The Morgan fingerprint density at radius 1 is 0.269 bits per heavy atom. The summed E-state index contributed by atoms with van der Waals surface area (Å²) in [5.74, 6) is 0. The third-order valence-electron chi connectivity index (χ3n) is 13.6. The van der Waals surface area contributed by atoms with Crippen molar-refractivity contribution in [2.75, 3.05) is 0 Å². The summed E-state index contributed by atoms with van der Waals surface area (Å²) < 4.78 is 65.7. The van der Waals surface area contributed by atoms with E-state index in [1.165, 1.54) is 281 Å². The molecule has 0 fully saturated rings. The fourth-order valence-corrected chi connectivity index (χ4v) is 10.1. The van der Waals surface area contributed by atoms with Crippen molar-refractivity contribution in [3.8, 4) is 0 Å². The van der Waals surface area contributed by atoms with Gasteiger partial charge in [0.25, 0.3) is 0 Å². The van der Waals surface area contributed by atoms with Crippen LogP contribution in [0.2, 0.25) is 0 Å². The molecule has 0 heterocycles. The number of hydrogen-bond acceptors (Lipinski definition) is 6. The zero-order chi connectivity index (χ0) is 48.1. The van der Waals surface area contributed by atoms with Gasteiger partial charge in [-0.1, -0.05) is 295 Å². The Labute approximate surface area is 432 Å². The minimum absolute atomic E-state index is 0. The number of benzene rings is 2. The van der Waals surface area contributed by atoms with Crippen LogP contribution in [0.1, 0.15) is 295 Å². The van der Waals surface area contributed by atoms with Crippen LogP contribution in [0.25, 0.3) is 0 Å². The van der Waals surface area contributed by atoms with Gasteiger partial charge in [0.1, 0.15) is 20.2 Å². The molecule has 0 aliphatic rings. The van der Waals surface area contributed by atoms with Crippen LogP contribution in [0.15, 0.2) is 58.3 Å². The van der Waals surface area contributed by atoms with E-state index in [1.54, 1.807) is 24.3 Å². The van der Waals surface area contributed by atoms with Gasteiger partial charge < -0.3 is 9.11 Å². The molecule has 0 unspecified atom stereocenters. The van der Waals surface area contributed by atoms with E-state index in [0.717, 1.165) is 36.8 Å². The maximum atomic E-state index is 10.9. The van der Waals surface area contributed by atoms with Crippen LogP contribution in [-0.2, 0) is 33.1 Å². The minimum atomic E-state index is -4.33. The first kappa shape index (κ1) is 66.0. The van der Waals surface area contributed by atoms with Gasteiger partial charge >= 0.3 is 23.1 Å². The predicted octanol–water partition coefficient (Wildman–Crippen LogP) is 18.3. The molecule has 2 rings (SSSR count). The van der Waals surface area contributed by atoms with Gasteiger partial charge in [0, 0.05) is 0 Å². The van der Waals surface area contributed by atoms with Crippen molar-refractivity contribution in [1.29, 1.82) is 0 Å². The maximum absolute atomic E-state index is 10.9. The van der Waals surface area contributed by atoms with Gasteiger partial charge in [-0.05, 0) is 61.1 Å². The van der Waals surface area contributed by atoms with E-state index < -0.39 is 20.2 Å². The second-order valence-corrected chi connectivity index (χ2v) is 22.6.